The van der Waals surface area contributed by atoms with E-state index in [1.54, 1.807) is 18.2 Å². The molecule has 0 aliphatic heterocycles. The average molecular weight is 334 g/mol. The average Bonchev–Trinajstić information content (AvgIpc) is 2.95. The third kappa shape index (κ3) is 3.42. The largest absolute Gasteiger partial charge is 0.481 e. The molecule has 0 bridgehead atoms. The van der Waals surface area contributed by atoms with Gasteiger partial charge in [0.1, 0.15) is 11.3 Å². The Bertz CT molecular complexity index is 877. The van der Waals surface area contributed by atoms with Crippen molar-refractivity contribution in [2.24, 2.45) is 0 Å². The Morgan fingerprint density at radius 1 is 1.04 bits per heavy atom. The zero-order valence-electron chi connectivity index (χ0n) is 12.4. The van der Waals surface area contributed by atoms with Gasteiger partial charge in [-0.1, -0.05) is 18.2 Å². The minimum atomic E-state index is -4.37. The van der Waals surface area contributed by atoms with Crippen molar-refractivity contribution in [3.63, 3.8) is 0 Å². The van der Waals surface area contributed by atoms with Gasteiger partial charge in [0.15, 0.2) is 0 Å². The molecule has 1 heterocycles. The van der Waals surface area contributed by atoms with E-state index in [0.29, 0.717) is 23.3 Å². The summed E-state index contributed by atoms with van der Waals surface area (Å²) in [5.74, 6) is -0.401. The Labute approximate surface area is 135 Å². The fourth-order valence-corrected chi connectivity index (χ4v) is 2.47. The highest BCUT2D eigenvalue weighted by Crippen LogP contribution is 2.33. The van der Waals surface area contributed by atoms with Crippen LogP contribution in [0.5, 0.6) is 0 Å². The summed E-state index contributed by atoms with van der Waals surface area (Å²) >= 11 is 0. The van der Waals surface area contributed by atoms with Crippen LogP contribution in [-0.4, -0.2) is 11.1 Å². The number of carboxylic acids is 1. The van der Waals surface area contributed by atoms with Crippen molar-refractivity contribution in [2.45, 2.75) is 19.0 Å². The van der Waals surface area contributed by atoms with Crippen LogP contribution in [0.15, 0.2) is 52.9 Å². The van der Waals surface area contributed by atoms with E-state index in [9.17, 15) is 18.0 Å². The molecule has 124 valence electrons. The minimum absolute atomic E-state index is 0.0368. The second-order valence-corrected chi connectivity index (χ2v) is 5.45. The number of alkyl halides is 3. The van der Waals surface area contributed by atoms with E-state index in [-0.39, 0.29) is 6.42 Å². The number of fused-ring (bicyclic) bond motifs is 1. The van der Waals surface area contributed by atoms with Gasteiger partial charge in [-0.05, 0) is 42.3 Å². The predicted molar refractivity (Wildman–Crippen MR) is 82.6 cm³/mol. The molecule has 0 spiro atoms. The van der Waals surface area contributed by atoms with Crippen LogP contribution >= 0.6 is 0 Å². The minimum Gasteiger partial charge on any atom is -0.481 e. The summed E-state index contributed by atoms with van der Waals surface area (Å²) in [6.07, 6.45) is -3.92. The number of halogens is 3. The van der Waals surface area contributed by atoms with E-state index in [2.05, 4.69) is 0 Å². The van der Waals surface area contributed by atoms with Crippen molar-refractivity contribution >= 4 is 16.9 Å². The van der Waals surface area contributed by atoms with Crippen LogP contribution in [0, 0.1) is 0 Å². The summed E-state index contributed by atoms with van der Waals surface area (Å²) in [5, 5.41) is 9.51. The molecule has 0 aliphatic carbocycles. The molecule has 2 aromatic carbocycles. The van der Waals surface area contributed by atoms with Gasteiger partial charge < -0.3 is 9.52 Å². The molecule has 0 aliphatic rings. The van der Waals surface area contributed by atoms with E-state index < -0.39 is 17.7 Å². The van der Waals surface area contributed by atoms with E-state index in [1.807, 2.05) is 6.07 Å². The van der Waals surface area contributed by atoms with Crippen LogP contribution in [0.2, 0.25) is 0 Å². The van der Waals surface area contributed by atoms with Crippen LogP contribution in [0.4, 0.5) is 13.2 Å². The van der Waals surface area contributed by atoms with Gasteiger partial charge in [-0.25, -0.2) is 0 Å². The highest BCUT2D eigenvalue weighted by atomic mass is 19.4. The Morgan fingerprint density at radius 2 is 1.75 bits per heavy atom. The molecular weight excluding hydrogens is 321 g/mol. The first-order valence-electron chi connectivity index (χ1n) is 7.25. The lowest BCUT2D eigenvalue weighted by Gasteiger charge is -2.06. The normalized spacial score (nSPS) is 11.8. The smallest absolute Gasteiger partial charge is 0.416 e. The number of aliphatic carboxylic acids is 1. The van der Waals surface area contributed by atoms with Crippen LogP contribution in [0.3, 0.4) is 0 Å². The Morgan fingerprint density at radius 3 is 2.38 bits per heavy atom. The molecule has 0 unspecified atom stereocenters. The van der Waals surface area contributed by atoms with E-state index in [1.165, 1.54) is 12.1 Å². The van der Waals surface area contributed by atoms with Crippen LogP contribution in [-0.2, 0) is 17.4 Å². The monoisotopic (exact) mass is 334 g/mol. The molecule has 1 aromatic heterocycles. The van der Waals surface area contributed by atoms with Gasteiger partial charge in [-0.15, -0.1) is 0 Å². The highest BCUT2D eigenvalue weighted by Gasteiger charge is 2.30. The molecule has 6 heteroatoms. The van der Waals surface area contributed by atoms with Crippen molar-refractivity contribution < 1.29 is 27.5 Å². The maximum atomic E-state index is 12.6. The lowest BCUT2D eigenvalue weighted by molar-refractivity contribution is -0.138. The fourth-order valence-electron chi connectivity index (χ4n) is 2.47. The SMILES string of the molecule is O=C(O)CCc1ccc2oc(-c3ccc(C(F)(F)F)cc3)cc2c1. The lowest BCUT2D eigenvalue weighted by Crippen LogP contribution is -2.03. The molecule has 0 saturated carbocycles. The number of carboxylic acid groups (broad SMARTS) is 1. The first-order valence-corrected chi connectivity index (χ1v) is 7.25. The van der Waals surface area contributed by atoms with Gasteiger partial charge in [-0.3, -0.25) is 4.79 Å². The number of hydrogen-bond acceptors (Lipinski definition) is 2. The molecule has 0 saturated heterocycles. The number of rotatable bonds is 4. The third-order valence-electron chi connectivity index (χ3n) is 3.70. The standard InChI is InChI=1S/C18H13F3O3/c19-18(20,21)14-5-3-12(4-6-14)16-10-13-9-11(2-8-17(22)23)1-7-15(13)24-16/h1,3-7,9-10H,2,8H2,(H,22,23). The van der Waals surface area contributed by atoms with Crippen molar-refractivity contribution in [1.29, 1.82) is 0 Å². The summed E-state index contributed by atoms with van der Waals surface area (Å²) in [6, 6.07) is 11.8. The second kappa shape index (κ2) is 6.03. The molecule has 3 rings (SSSR count). The van der Waals surface area contributed by atoms with Gasteiger partial charge in [0.05, 0.1) is 5.56 Å². The van der Waals surface area contributed by atoms with E-state index in [0.717, 1.165) is 23.1 Å². The number of carbonyl (C=O) groups is 1. The predicted octanol–water partition coefficient (Wildman–Crippen LogP) is 5.14. The first kappa shape index (κ1) is 16.1. The van der Waals surface area contributed by atoms with Gasteiger partial charge >= 0.3 is 12.1 Å². The topological polar surface area (TPSA) is 50.4 Å². The lowest BCUT2D eigenvalue weighted by atomic mass is 10.1. The fraction of sp³-hybridized carbons (Fsp3) is 0.167. The molecular formula is C18H13F3O3. The van der Waals surface area contributed by atoms with Gasteiger partial charge in [0, 0.05) is 17.4 Å². The summed E-state index contributed by atoms with van der Waals surface area (Å²) in [4.78, 5) is 10.6. The van der Waals surface area contributed by atoms with Crippen molar-refractivity contribution in [3.8, 4) is 11.3 Å². The summed E-state index contributed by atoms with van der Waals surface area (Å²) in [5.41, 5.74) is 1.30. The highest BCUT2D eigenvalue weighted by molar-refractivity contribution is 5.83. The molecule has 0 radical (unpaired) electrons. The van der Waals surface area contributed by atoms with Crippen LogP contribution in [0.25, 0.3) is 22.3 Å². The molecule has 3 aromatic rings. The second-order valence-electron chi connectivity index (χ2n) is 5.45. The molecule has 0 amide bonds. The molecule has 0 atom stereocenters. The summed E-state index contributed by atoms with van der Waals surface area (Å²) < 4.78 is 43.5. The third-order valence-corrected chi connectivity index (χ3v) is 3.70. The number of aryl methyl sites for hydroxylation is 1. The molecule has 1 N–H and O–H groups in total. The first-order chi connectivity index (χ1) is 11.3. The zero-order chi connectivity index (χ0) is 17.3. The maximum absolute atomic E-state index is 12.6. The quantitative estimate of drug-likeness (QED) is 0.719. The van der Waals surface area contributed by atoms with Gasteiger partial charge in [0.2, 0.25) is 0 Å². The van der Waals surface area contributed by atoms with E-state index >= 15 is 0 Å². The zero-order valence-corrected chi connectivity index (χ0v) is 12.4. The summed E-state index contributed by atoms with van der Waals surface area (Å²) in [7, 11) is 0. The van der Waals surface area contributed by atoms with Crippen LogP contribution < -0.4 is 0 Å². The van der Waals surface area contributed by atoms with Crippen molar-refractivity contribution in [1.82, 2.24) is 0 Å². The number of furan rings is 1. The Balaban J connectivity index is 1.89. The Kier molecular flexibility index (Phi) is 4.05. The van der Waals surface area contributed by atoms with Crippen LogP contribution in [0.1, 0.15) is 17.5 Å². The molecule has 0 fully saturated rings. The molecule has 24 heavy (non-hydrogen) atoms. The van der Waals surface area contributed by atoms with Gasteiger partial charge in [-0.2, -0.15) is 13.2 Å². The Hall–Kier alpha value is -2.76. The number of benzene rings is 2. The van der Waals surface area contributed by atoms with Gasteiger partial charge in [0.25, 0.3) is 0 Å². The molecule has 3 nitrogen and oxygen atoms in total. The van der Waals surface area contributed by atoms with E-state index in [4.69, 9.17) is 9.52 Å². The summed E-state index contributed by atoms with van der Waals surface area (Å²) in [6.45, 7) is 0. The van der Waals surface area contributed by atoms with Crippen molar-refractivity contribution in [3.05, 3.63) is 59.7 Å². The van der Waals surface area contributed by atoms with Crippen molar-refractivity contribution in [2.75, 3.05) is 0 Å². The maximum Gasteiger partial charge on any atom is 0.416 e. The number of hydrogen-bond donors (Lipinski definition) is 1.